The molecule has 1 saturated heterocycles. The van der Waals surface area contributed by atoms with Gasteiger partial charge in [-0.15, -0.1) is 0 Å². The van der Waals surface area contributed by atoms with E-state index in [1.807, 2.05) is 0 Å². The first-order valence-corrected chi connectivity index (χ1v) is 13.9. The van der Waals surface area contributed by atoms with Crippen LogP contribution in [0.2, 0.25) is 0 Å². The number of nitrogens with one attached hydrogen (secondary N) is 1. The number of aliphatic hydroxyl groups excluding tert-OH is 1. The number of esters is 1. The zero-order valence-electron chi connectivity index (χ0n) is 19.8. The first kappa shape index (κ1) is 28.6. The van der Waals surface area contributed by atoms with Gasteiger partial charge in [-0.3, -0.25) is 23.7 Å². The minimum absolute atomic E-state index is 0.142. The number of benzene rings is 1. The van der Waals surface area contributed by atoms with Crippen molar-refractivity contribution < 1.29 is 33.0 Å². The molecule has 1 aliphatic rings. The number of aromatic nitrogens is 2. The number of halogens is 2. The summed E-state index contributed by atoms with van der Waals surface area (Å²) in [5, 5.41) is 10.8. The molecule has 0 radical (unpaired) electrons. The second-order valence-electron chi connectivity index (χ2n) is 8.74. The van der Waals surface area contributed by atoms with E-state index in [0.29, 0.717) is 0 Å². The molecule has 2 heterocycles. The number of carbonyl (C=O) groups excluding carboxylic acids is 1. The third-order valence-electron chi connectivity index (χ3n) is 5.32. The number of alkyl halides is 2. The molecule has 2 aromatic rings. The van der Waals surface area contributed by atoms with Crippen molar-refractivity contribution in [3.63, 3.8) is 0 Å². The molecular weight excluding hydrogens is 583 g/mol. The molecule has 14 heteroatoms. The summed E-state index contributed by atoms with van der Waals surface area (Å²) in [6, 6.07) is 9.36. The quantitative estimate of drug-likeness (QED) is 0.236. The highest BCUT2D eigenvalue weighted by Crippen LogP contribution is 2.54. The average Bonchev–Trinajstić information content (AvgIpc) is 3.01. The van der Waals surface area contributed by atoms with Gasteiger partial charge in [0.15, 0.2) is 10.0 Å². The molecule has 1 aromatic carbocycles. The van der Waals surface area contributed by atoms with Gasteiger partial charge >= 0.3 is 19.3 Å². The highest BCUT2D eigenvalue weighted by Gasteiger charge is 2.56. The van der Waals surface area contributed by atoms with Crippen molar-refractivity contribution in [2.75, 3.05) is 19.4 Å². The maximum Gasteiger partial charge on any atom is 0.380 e. The van der Waals surface area contributed by atoms with E-state index >= 15 is 0 Å². The number of para-hydroxylation sites is 1. The average molecular weight is 610 g/mol. The summed E-state index contributed by atoms with van der Waals surface area (Å²) in [5.74, 6) is -0.335. The fourth-order valence-electron chi connectivity index (χ4n) is 3.53. The van der Waals surface area contributed by atoms with E-state index in [4.69, 9.17) is 30.1 Å². The van der Waals surface area contributed by atoms with Crippen LogP contribution >= 0.6 is 35.1 Å². The molecule has 0 amide bonds. The van der Waals surface area contributed by atoms with Gasteiger partial charge < -0.3 is 19.1 Å². The lowest BCUT2D eigenvalue weighted by Gasteiger charge is -2.28. The Labute approximate surface area is 220 Å². The third kappa shape index (κ3) is 6.48. The van der Waals surface area contributed by atoms with Gasteiger partial charge in [0.25, 0.3) is 5.56 Å². The summed E-state index contributed by atoms with van der Waals surface area (Å²) in [4.78, 5) is 38.2. The van der Waals surface area contributed by atoms with Crippen molar-refractivity contribution in [2.45, 2.75) is 43.0 Å². The molecule has 5 atom stereocenters. The van der Waals surface area contributed by atoms with Crippen molar-refractivity contribution in [3.8, 4) is 5.75 Å². The fraction of sp³-hybridized carbons (Fsp3) is 0.500. The van der Waals surface area contributed by atoms with Crippen LogP contribution in [0.15, 0.2) is 52.2 Å². The molecule has 1 aromatic heterocycles. The van der Waals surface area contributed by atoms with Crippen molar-refractivity contribution in [1.29, 1.82) is 0 Å². The largest absolute Gasteiger partial charge is 0.466 e. The van der Waals surface area contributed by atoms with E-state index in [-0.39, 0.29) is 18.5 Å². The molecule has 36 heavy (non-hydrogen) atoms. The number of rotatable bonds is 10. The summed E-state index contributed by atoms with van der Waals surface area (Å²) < 4.78 is 35.4. The predicted molar refractivity (Wildman–Crippen MR) is 135 cm³/mol. The third-order valence-corrected chi connectivity index (χ3v) is 8.80. The van der Waals surface area contributed by atoms with Gasteiger partial charge in [0.2, 0.25) is 0 Å². The monoisotopic (exact) mass is 608 g/mol. The summed E-state index contributed by atoms with van der Waals surface area (Å²) in [5.41, 5.74) is -2.65. The van der Waals surface area contributed by atoms with Crippen LogP contribution in [0.25, 0.3) is 0 Å². The molecule has 1 fully saturated rings. The number of aromatic amines is 1. The molecule has 0 spiro atoms. The first-order chi connectivity index (χ1) is 16.8. The maximum absolute atomic E-state index is 13.8. The fourth-order valence-corrected chi connectivity index (χ4v) is 6.57. The van der Waals surface area contributed by atoms with Crippen LogP contribution in [0.3, 0.4) is 0 Å². The van der Waals surface area contributed by atoms with Crippen LogP contribution in [0.1, 0.15) is 27.0 Å². The molecule has 11 nitrogen and oxygen atoms in total. The number of ether oxygens (including phenoxy) is 2. The normalized spacial score (nSPS) is 25.8. The first-order valence-electron chi connectivity index (χ1n) is 11.0. The van der Waals surface area contributed by atoms with Crippen LogP contribution in [-0.2, 0) is 23.4 Å². The van der Waals surface area contributed by atoms with Crippen LogP contribution < -0.4 is 15.8 Å². The molecule has 0 aliphatic carbocycles. The second kappa shape index (κ2) is 11.2. The summed E-state index contributed by atoms with van der Waals surface area (Å²) >= 11 is 9.65. The Hall–Kier alpha value is -1.95. The van der Waals surface area contributed by atoms with Crippen LogP contribution in [-0.4, -0.2) is 56.0 Å². The van der Waals surface area contributed by atoms with Crippen molar-refractivity contribution >= 4 is 41.1 Å². The minimum atomic E-state index is -4.04. The Morgan fingerprint density at radius 3 is 2.58 bits per heavy atom. The van der Waals surface area contributed by atoms with Gasteiger partial charge in [-0.05, 0) is 32.9 Å². The Balaban J connectivity index is 1.84. The Morgan fingerprint density at radius 1 is 1.31 bits per heavy atom. The van der Waals surface area contributed by atoms with Gasteiger partial charge in [-0.1, -0.05) is 45.7 Å². The maximum atomic E-state index is 13.8. The zero-order valence-corrected chi connectivity index (χ0v) is 23.0. The summed E-state index contributed by atoms with van der Waals surface area (Å²) in [6.07, 6.45) is -3.02. The van der Waals surface area contributed by atoms with Gasteiger partial charge in [0.05, 0.1) is 24.8 Å². The molecule has 2 N–H and O–H groups in total. The lowest BCUT2D eigenvalue weighted by molar-refractivity contribution is -0.152. The van der Waals surface area contributed by atoms with Crippen LogP contribution in [0, 0.1) is 5.41 Å². The summed E-state index contributed by atoms with van der Waals surface area (Å²) in [6.45, 7) is 4.45. The van der Waals surface area contributed by atoms with Crippen LogP contribution in [0.5, 0.6) is 5.75 Å². The Morgan fingerprint density at radius 2 is 1.97 bits per heavy atom. The highest BCUT2D eigenvalue weighted by molar-refractivity contribution is 9.10. The van der Waals surface area contributed by atoms with E-state index in [9.17, 15) is 24.1 Å². The smallest absolute Gasteiger partial charge is 0.380 e. The molecule has 3 rings (SSSR count). The molecule has 0 bridgehead atoms. The van der Waals surface area contributed by atoms with E-state index in [2.05, 4.69) is 20.9 Å². The number of carbonyl (C=O) groups is 1. The number of nitrogens with zero attached hydrogens (tertiary/aromatic N) is 1. The predicted octanol–water partition coefficient (Wildman–Crippen LogP) is 3.00. The molecule has 1 aliphatic heterocycles. The Kier molecular flexibility index (Phi) is 8.91. The number of hydrogen-bond donors (Lipinski definition) is 2. The van der Waals surface area contributed by atoms with Gasteiger partial charge in [-0.2, -0.15) is 0 Å². The molecule has 198 valence electrons. The second-order valence-corrected chi connectivity index (χ2v) is 13.1. The lowest BCUT2D eigenvalue weighted by atomic mass is 9.97. The van der Waals surface area contributed by atoms with Gasteiger partial charge in [-0.25, -0.2) is 9.36 Å². The SMILES string of the molecule is CCOC(=O)C(C)(C)C[P@@](=O)(OC[C@H]1O[C@@H](n2ccc(=O)[nH]c2=O)[C@](Cl)(Br)[C@@H]1O)Oc1ccccc1. The number of H-pyrrole nitrogens is 1. The number of aliphatic hydroxyl groups is 1. The highest BCUT2D eigenvalue weighted by atomic mass is 79.9. The molecular formula is C22H27BrClN2O9P. The van der Waals surface area contributed by atoms with E-state index in [1.165, 1.54) is 6.20 Å². The minimum Gasteiger partial charge on any atom is -0.466 e. The van der Waals surface area contributed by atoms with Gasteiger partial charge in [0, 0.05) is 12.3 Å². The van der Waals surface area contributed by atoms with Crippen molar-refractivity contribution in [1.82, 2.24) is 9.55 Å². The van der Waals surface area contributed by atoms with E-state index in [0.717, 1.165) is 10.6 Å². The topological polar surface area (TPSA) is 146 Å². The molecule has 0 unspecified atom stereocenters. The standard InChI is InChI=1S/C22H27BrClN2O9P/c1-4-32-19(29)21(2,3)13-36(31,35-14-8-6-5-7-9-14)33-12-15-17(28)22(23,24)18(34-15)26-11-10-16(27)25-20(26)30/h5-11,15,17-18,28H,4,12-13H2,1-3H3,(H,25,27,30)/t15-,17-,18-,22+,36-/m1/s1. The van der Waals surface area contributed by atoms with Crippen molar-refractivity contribution in [2.24, 2.45) is 5.41 Å². The van der Waals surface area contributed by atoms with E-state index in [1.54, 1.807) is 51.1 Å². The van der Waals surface area contributed by atoms with Crippen LogP contribution in [0.4, 0.5) is 0 Å². The van der Waals surface area contributed by atoms with Gasteiger partial charge in [0.1, 0.15) is 18.0 Å². The molecule has 0 saturated carbocycles. The number of hydrogen-bond acceptors (Lipinski definition) is 9. The Bertz CT molecular complexity index is 1230. The summed E-state index contributed by atoms with van der Waals surface area (Å²) in [7, 11) is -4.04. The van der Waals surface area contributed by atoms with Crippen molar-refractivity contribution in [3.05, 3.63) is 63.4 Å². The van der Waals surface area contributed by atoms with E-state index < -0.39 is 59.1 Å². The zero-order chi connectivity index (χ0) is 26.7. The lowest BCUT2D eigenvalue weighted by Crippen LogP contribution is -2.41.